The lowest BCUT2D eigenvalue weighted by Gasteiger charge is -2.07. The molecule has 0 spiro atoms. The van der Waals surface area contributed by atoms with Crippen molar-refractivity contribution in [1.82, 2.24) is 9.78 Å². The van der Waals surface area contributed by atoms with Crippen LogP contribution in [0.5, 0.6) is 0 Å². The number of aromatic nitrogens is 2. The highest BCUT2D eigenvalue weighted by Gasteiger charge is 2.27. The van der Waals surface area contributed by atoms with Crippen LogP contribution < -0.4 is 5.32 Å². The van der Waals surface area contributed by atoms with E-state index >= 15 is 0 Å². The summed E-state index contributed by atoms with van der Waals surface area (Å²) >= 11 is 0. The predicted octanol–water partition coefficient (Wildman–Crippen LogP) is 4.37. The lowest BCUT2D eigenvalue weighted by Crippen LogP contribution is -2.15. The first-order valence-electron chi connectivity index (χ1n) is 8.77. The standard InChI is InChI=1S/C21H20FN3O/c1-13-10-14(2)12-16(11-13)23-21(26)20-18-4-3-5-19(18)25(24-20)17-8-6-15(22)7-9-17/h6-12H,3-5H2,1-2H3,(H,23,26). The molecule has 0 saturated heterocycles. The van der Waals surface area contributed by atoms with Crippen molar-refractivity contribution in [2.24, 2.45) is 0 Å². The van der Waals surface area contributed by atoms with Gasteiger partial charge >= 0.3 is 0 Å². The summed E-state index contributed by atoms with van der Waals surface area (Å²) in [6.45, 7) is 4.01. The van der Waals surface area contributed by atoms with E-state index < -0.39 is 0 Å². The number of halogens is 1. The number of carbonyl (C=O) groups excluding carboxylic acids is 1. The number of anilines is 1. The zero-order valence-corrected chi connectivity index (χ0v) is 14.8. The van der Waals surface area contributed by atoms with E-state index in [2.05, 4.69) is 16.5 Å². The highest BCUT2D eigenvalue weighted by Crippen LogP contribution is 2.28. The van der Waals surface area contributed by atoms with Crippen LogP contribution in [0, 0.1) is 19.7 Å². The minimum absolute atomic E-state index is 0.200. The molecule has 3 aromatic rings. The normalized spacial score (nSPS) is 12.9. The van der Waals surface area contributed by atoms with E-state index in [1.54, 1.807) is 16.8 Å². The van der Waals surface area contributed by atoms with Crippen molar-refractivity contribution in [3.63, 3.8) is 0 Å². The summed E-state index contributed by atoms with van der Waals surface area (Å²) in [5.41, 5.74) is 6.25. The van der Waals surface area contributed by atoms with Gasteiger partial charge in [-0.2, -0.15) is 5.10 Å². The fraction of sp³-hybridized carbons (Fsp3) is 0.238. The Bertz CT molecular complexity index is 969. The van der Waals surface area contributed by atoms with Crippen molar-refractivity contribution in [1.29, 1.82) is 0 Å². The minimum atomic E-state index is -0.287. The predicted molar refractivity (Wildman–Crippen MR) is 99.4 cm³/mol. The molecule has 0 unspecified atom stereocenters. The fourth-order valence-corrected chi connectivity index (χ4v) is 3.65. The Morgan fingerprint density at radius 2 is 1.77 bits per heavy atom. The molecule has 0 bridgehead atoms. The molecule has 0 atom stereocenters. The van der Waals surface area contributed by atoms with Gasteiger partial charge in [0.15, 0.2) is 5.69 Å². The van der Waals surface area contributed by atoms with Gasteiger partial charge in [-0.05, 0) is 80.6 Å². The molecule has 5 heteroatoms. The van der Waals surface area contributed by atoms with Crippen LogP contribution in [0.25, 0.3) is 5.69 Å². The second-order valence-corrected chi connectivity index (χ2v) is 6.85. The first-order valence-corrected chi connectivity index (χ1v) is 8.77. The molecule has 0 radical (unpaired) electrons. The van der Waals surface area contributed by atoms with Crippen LogP contribution in [0.15, 0.2) is 42.5 Å². The summed E-state index contributed by atoms with van der Waals surface area (Å²) in [6.07, 6.45) is 2.71. The maximum atomic E-state index is 13.2. The molecule has 1 aliphatic carbocycles. The van der Waals surface area contributed by atoms with Crippen LogP contribution in [0.2, 0.25) is 0 Å². The Kier molecular flexibility index (Phi) is 4.07. The van der Waals surface area contributed by atoms with Crippen LogP contribution in [0.1, 0.15) is 39.3 Å². The smallest absolute Gasteiger partial charge is 0.276 e. The van der Waals surface area contributed by atoms with Crippen molar-refractivity contribution in [2.45, 2.75) is 33.1 Å². The zero-order chi connectivity index (χ0) is 18.3. The van der Waals surface area contributed by atoms with E-state index in [1.165, 1.54) is 12.1 Å². The fourth-order valence-electron chi connectivity index (χ4n) is 3.65. The number of rotatable bonds is 3. The zero-order valence-electron chi connectivity index (χ0n) is 14.8. The Morgan fingerprint density at radius 1 is 1.08 bits per heavy atom. The lowest BCUT2D eigenvalue weighted by atomic mass is 10.1. The van der Waals surface area contributed by atoms with Gasteiger partial charge in [0, 0.05) is 16.9 Å². The van der Waals surface area contributed by atoms with Gasteiger partial charge in [-0.15, -0.1) is 0 Å². The molecule has 1 N–H and O–H groups in total. The molecular formula is C21H20FN3O. The summed E-state index contributed by atoms with van der Waals surface area (Å²) in [4.78, 5) is 12.8. The first-order chi connectivity index (χ1) is 12.5. The Morgan fingerprint density at radius 3 is 2.46 bits per heavy atom. The first kappa shape index (κ1) is 16.5. The van der Waals surface area contributed by atoms with Gasteiger partial charge in [0.05, 0.1) is 5.69 Å². The van der Waals surface area contributed by atoms with E-state index in [-0.39, 0.29) is 11.7 Å². The molecule has 1 heterocycles. The molecule has 4 nitrogen and oxygen atoms in total. The average molecular weight is 349 g/mol. The number of nitrogens with zero attached hydrogens (tertiary/aromatic N) is 2. The molecule has 1 aromatic heterocycles. The summed E-state index contributed by atoms with van der Waals surface area (Å²) in [5, 5.41) is 7.52. The van der Waals surface area contributed by atoms with Crippen LogP contribution in [0.3, 0.4) is 0 Å². The number of aryl methyl sites for hydroxylation is 2. The second kappa shape index (κ2) is 6.41. The molecule has 2 aromatic carbocycles. The van der Waals surface area contributed by atoms with Crippen molar-refractivity contribution >= 4 is 11.6 Å². The van der Waals surface area contributed by atoms with Gasteiger partial charge in [0.1, 0.15) is 5.82 Å². The maximum Gasteiger partial charge on any atom is 0.276 e. The molecule has 26 heavy (non-hydrogen) atoms. The summed E-state index contributed by atoms with van der Waals surface area (Å²) in [6, 6.07) is 12.2. The maximum absolute atomic E-state index is 13.2. The number of fused-ring (bicyclic) bond motifs is 1. The molecular weight excluding hydrogens is 329 g/mol. The van der Waals surface area contributed by atoms with Crippen molar-refractivity contribution in [3.8, 4) is 5.69 Å². The van der Waals surface area contributed by atoms with Gasteiger partial charge in [-0.3, -0.25) is 4.79 Å². The van der Waals surface area contributed by atoms with Crippen molar-refractivity contribution in [2.75, 3.05) is 5.32 Å². The minimum Gasteiger partial charge on any atom is -0.321 e. The molecule has 0 fully saturated rings. The van der Waals surface area contributed by atoms with E-state index in [0.29, 0.717) is 5.69 Å². The third-order valence-electron chi connectivity index (χ3n) is 4.70. The lowest BCUT2D eigenvalue weighted by molar-refractivity contribution is 0.102. The molecule has 1 amide bonds. The molecule has 0 saturated carbocycles. The highest BCUT2D eigenvalue weighted by molar-refractivity contribution is 6.04. The number of nitrogens with one attached hydrogen (secondary N) is 1. The molecule has 4 rings (SSSR count). The van der Waals surface area contributed by atoms with Gasteiger partial charge in [0.2, 0.25) is 0 Å². The van der Waals surface area contributed by atoms with Gasteiger partial charge in [-0.25, -0.2) is 9.07 Å². The summed E-state index contributed by atoms with van der Waals surface area (Å²) < 4.78 is 15.0. The monoisotopic (exact) mass is 349 g/mol. The van der Waals surface area contributed by atoms with Crippen LogP contribution in [0.4, 0.5) is 10.1 Å². The number of hydrogen-bond acceptors (Lipinski definition) is 2. The van der Waals surface area contributed by atoms with E-state index in [9.17, 15) is 9.18 Å². The van der Waals surface area contributed by atoms with Gasteiger partial charge < -0.3 is 5.32 Å². The van der Waals surface area contributed by atoms with Crippen LogP contribution >= 0.6 is 0 Å². The van der Waals surface area contributed by atoms with Gasteiger partial charge in [0.25, 0.3) is 5.91 Å². The Balaban J connectivity index is 1.69. The number of benzene rings is 2. The average Bonchev–Trinajstić information content (AvgIpc) is 3.17. The number of hydrogen-bond donors (Lipinski definition) is 1. The van der Waals surface area contributed by atoms with Gasteiger partial charge in [-0.1, -0.05) is 6.07 Å². The van der Waals surface area contributed by atoms with Crippen molar-refractivity contribution in [3.05, 3.63) is 76.4 Å². The summed E-state index contributed by atoms with van der Waals surface area (Å²) in [5.74, 6) is -0.487. The molecule has 0 aliphatic heterocycles. The third kappa shape index (κ3) is 3.01. The molecule has 132 valence electrons. The van der Waals surface area contributed by atoms with E-state index in [1.807, 2.05) is 26.0 Å². The van der Waals surface area contributed by atoms with E-state index in [0.717, 1.165) is 53.0 Å². The van der Waals surface area contributed by atoms with Crippen LogP contribution in [-0.4, -0.2) is 15.7 Å². The number of carbonyl (C=O) groups is 1. The van der Waals surface area contributed by atoms with Crippen molar-refractivity contribution < 1.29 is 9.18 Å². The second-order valence-electron chi connectivity index (χ2n) is 6.85. The van der Waals surface area contributed by atoms with Crippen LogP contribution in [-0.2, 0) is 12.8 Å². The highest BCUT2D eigenvalue weighted by atomic mass is 19.1. The largest absolute Gasteiger partial charge is 0.321 e. The topological polar surface area (TPSA) is 46.9 Å². The quantitative estimate of drug-likeness (QED) is 0.763. The Hall–Kier alpha value is -2.95. The number of amides is 1. The summed E-state index contributed by atoms with van der Waals surface area (Å²) in [7, 11) is 0. The SMILES string of the molecule is Cc1cc(C)cc(NC(=O)c2nn(-c3ccc(F)cc3)c3c2CCC3)c1. The molecule has 1 aliphatic rings. The van der Waals surface area contributed by atoms with E-state index in [4.69, 9.17) is 0 Å². The Labute approximate surface area is 151 Å². The third-order valence-corrected chi connectivity index (χ3v) is 4.70.